The van der Waals surface area contributed by atoms with Gasteiger partial charge in [0.05, 0.1) is 5.69 Å². The number of alkyl halides is 3. The molecule has 1 fully saturated rings. The van der Waals surface area contributed by atoms with Crippen molar-refractivity contribution in [2.24, 2.45) is 5.92 Å². The highest BCUT2D eigenvalue weighted by atomic mass is 19.4. The molecule has 1 atom stereocenters. The van der Waals surface area contributed by atoms with Gasteiger partial charge in [0.25, 0.3) is 0 Å². The fourth-order valence-electron chi connectivity index (χ4n) is 4.21. The van der Waals surface area contributed by atoms with E-state index in [1.807, 2.05) is 11.8 Å². The van der Waals surface area contributed by atoms with Crippen LogP contribution in [-0.4, -0.2) is 34.7 Å². The van der Waals surface area contributed by atoms with Crippen LogP contribution in [-0.2, 0) is 0 Å². The van der Waals surface area contributed by atoms with Crippen molar-refractivity contribution in [1.29, 1.82) is 0 Å². The second-order valence-electron chi connectivity index (χ2n) is 8.03. The van der Waals surface area contributed by atoms with E-state index in [0.717, 1.165) is 0 Å². The lowest BCUT2D eigenvalue weighted by Gasteiger charge is -2.22. The first-order valence-corrected chi connectivity index (χ1v) is 9.95. The van der Waals surface area contributed by atoms with Gasteiger partial charge in [-0.1, -0.05) is 31.4 Å². The van der Waals surface area contributed by atoms with Gasteiger partial charge in [-0.15, -0.1) is 0 Å². The van der Waals surface area contributed by atoms with Crippen LogP contribution in [0.25, 0.3) is 11.0 Å². The molecule has 1 aromatic carbocycles. The maximum atomic E-state index is 13.0. The Labute approximate surface area is 166 Å². The summed E-state index contributed by atoms with van der Waals surface area (Å²) in [4.78, 5) is 1.95. The van der Waals surface area contributed by atoms with Crippen LogP contribution < -0.4 is 4.90 Å². The van der Waals surface area contributed by atoms with Gasteiger partial charge in [0.1, 0.15) is 5.52 Å². The Morgan fingerprint density at radius 2 is 1.93 bits per heavy atom. The number of hydrogen-bond donors (Lipinski definition) is 1. The summed E-state index contributed by atoms with van der Waals surface area (Å²) in [5, 5.41) is 17.3. The van der Waals surface area contributed by atoms with Crippen molar-refractivity contribution in [2.45, 2.75) is 51.3 Å². The van der Waals surface area contributed by atoms with E-state index in [2.05, 4.69) is 22.5 Å². The summed E-state index contributed by atoms with van der Waals surface area (Å²) in [6.45, 7) is 3.19. The number of halogens is 3. The van der Waals surface area contributed by atoms with Gasteiger partial charge in [0.2, 0.25) is 0 Å². The average molecular weight is 407 g/mol. The van der Waals surface area contributed by atoms with E-state index >= 15 is 0 Å². The van der Waals surface area contributed by atoms with Gasteiger partial charge >= 0.3 is 6.18 Å². The Morgan fingerprint density at radius 1 is 1.17 bits per heavy atom. The maximum absolute atomic E-state index is 13.0. The molecule has 1 aliphatic heterocycles. The molecule has 0 spiro atoms. The van der Waals surface area contributed by atoms with Gasteiger partial charge in [-0.3, -0.25) is 0 Å². The Bertz CT molecular complexity index is 942. The lowest BCUT2D eigenvalue weighted by Crippen LogP contribution is -2.23. The Balaban J connectivity index is 1.59. The predicted molar refractivity (Wildman–Crippen MR) is 103 cm³/mol. The summed E-state index contributed by atoms with van der Waals surface area (Å²) in [5.74, 6) is 0.606. The molecule has 4 rings (SSSR count). The minimum absolute atomic E-state index is 0.199. The zero-order valence-corrected chi connectivity index (χ0v) is 16.2. The summed E-state index contributed by atoms with van der Waals surface area (Å²) < 4.78 is 43.8. The minimum atomic E-state index is -4.75. The molecule has 29 heavy (non-hydrogen) atoms. The van der Waals surface area contributed by atoms with Crippen molar-refractivity contribution >= 4 is 16.7 Å². The van der Waals surface area contributed by atoms with Gasteiger partial charge in [-0.25, -0.2) is 4.63 Å². The van der Waals surface area contributed by atoms with Crippen molar-refractivity contribution in [3.8, 4) is 0 Å². The molecule has 1 aliphatic carbocycles. The maximum Gasteiger partial charge on any atom is 0.418 e. The fraction of sp³-hybridized carbons (Fsp3) is 0.524. The van der Waals surface area contributed by atoms with Crippen LogP contribution in [0.4, 0.5) is 18.9 Å². The molecule has 1 N–H and O–H groups in total. The van der Waals surface area contributed by atoms with Crippen molar-refractivity contribution in [1.82, 2.24) is 10.3 Å². The normalized spacial score (nSPS) is 20.4. The topological polar surface area (TPSA) is 62.4 Å². The lowest BCUT2D eigenvalue weighted by molar-refractivity contribution is -0.206. The lowest BCUT2D eigenvalue weighted by atomic mass is 9.88. The number of anilines is 1. The average Bonchev–Trinajstić information content (AvgIpc) is 3.31. The van der Waals surface area contributed by atoms with Gasteiger partial charge in [-0.2, -0.15) is 13.2 Å². The third-order valence-electron chi connectivity index (χ3n) is 5.89. The smallest absolute Gasteiger partial charge is 0.379 e. The molecule has 1 aromatic heterocycles. The number of rotatable bonds is 4. The first-order chi connectivity index (χ1) is 13.8. The van der Waals surface area contributed by atoms with Crippen LogP contribution in [0.2, 0.25) is 0 Å². The molecule has 2 heterocycles. The first kappa shape index (κ1) is 19.9. The Hall–Kier alpha value is -2.35. The third-order valence-corrected chi connectivity index (χ3v) is 5.89. The highest BCUT2D eigenvalue weighted by molar-refractivity contribution is 5.89. The molecule has 2 aromatic rings. The van der Waals surface area contributed by atoms with E-state index in [1.54, 1.807) is 0 Å². The first-order valence-electron chi connectivity index (χ1n) is 9.95. The van der Waals surface area contributed by atoms with Crippen molar-refractivity contribution in [3.05, 3.63) is 41.0 Å². The SMILES string of the molecule is CC1=C(/C=C\C2CCCCC2)CN(c2cc(C(O)C(F)(F)F)cc3nonc23)C1. The number of fused-ring (bicyclic) bond motifs is 1. The quantitative estimate of drug-likeness (QED) is 0.765. The molecule has 156 valence electrons. The largest absolute Gasteiger partial charge is 0.418 e. The van der Waals surface area contributed by atoms with Crippen LogP contribution >= 0.6 is 0 Å². The highest BCUT2D eigenvalue weighted by Gasteiger charge is 2.40. The summed E-state index contributed by atoms with van der Waals surface area (Å²) in [6, 6.07) is 2.51. The monoisotopic (exact) mass is 407 g/mol. The molecule has 0 amide bonds. The van der Waals surface area contributed by atoms with E-state index in [-0.39, 0.29) is 11.1 Å². The van der Waals surface area contributed by atoms with Crippen molar-refractivity contribution < 1.29 is 22.9 Å². The van der Waals surface area contributed by atoms with E-state index in [4.69, 9.17) is 4.63 Å². The zero-order chi connectivity index (χ0) is 20.6. The van der Waals surface area contributed by atoms with E-state index in [0.29, 0.717) is 30.2 Å². The zero-order valence-electron chi connectivity index (χ0n) is 16.2. The summed E-state index contributed by atoms with van der Waals surface area (Å²) >= 11 is 0. The van der Waals surface area contributed by atoms with E-state index in [1.165, 1.54) is 55.4 Å². The van der Waals surface area contributed by atoms with Gasteiger partial charge in [0.15, 0.2) is 11.6 Å². The summed E-state index contributed by atoms with van der Waals surface area (Å²) in [5.41, 5.74) is 3.16. The van der Waals surface area contributed by atoms with E-state index < -0.39 is 12.3 Å². The number of allylic oxidation sites excluding steroid dienone is 1. The van der Waals surface area contributed by atoms with Crippen molar-refractivity contribution in [3.63, 3.8) is 0 Å². The molecule has 0 saturated heterocycles. The molecule has 0 bridgehead atoms. The number of aliphatic hydroxyl groups is 1. The standard InChI is InChI=1S/C21H24F3N3O2/c1-13-11-27(12-15(13)8-7-14-5-3-2-4-6-14)18-10-16(20(28)21(22,23)24)9-17-19(18)26-29-25-17/h7-10,14,20,28H,2-6,11-12H2,1H3/b8-7-. The highest BCUT2D eigenvalue weighted by Crippen LogP contribution is 2.38. The molecule has 1 unspecified atom stereocenters. The predicted octanol–water partition coefficient (Wildman–Crippen LogP) is 5.09. The van der Waals surface area contributed by atoms with Crippen LogP contribution in [0.15, 0.2) is 40.1 Å². The summed E-state index contributed by atoms with van der Waals surface area (Å²) in [7, 11) is 0. The molecular formula is C21H24F3N3O2. The van der Waals surface area contributed by atoms with Gasteiger partial charge in [0, 0.05) is 13.1 Å². The molecular weight excluding hydrogens is 383 g/mol. The third kappa shape index (κ3) is 4.17. The molecule has 2 aliphatic rings. The summed E-state index contributed by atoms with van der Waals surface area (Å²) in [6.07, 6.45) is 3.39. The second-order valence-corrected chi connectivity index (χ2v) is 8.03. The Morgan fingerprint density at radius 3 is 2.66 bits per heavy atom. The van der Waals surface area contributed by atoms with Gasteiger partial charge < -0.3 is 10.0 Å². The van der Waals surface area contributed by atoms with E-state index in [9.17, 15) is 18.3 Å². The minimum Gasteiger partial charge on any atom is -0.379 e. The van der Waals surface area contributed by atoms with Crippen LogP contribution in [0.3, 0.4) is 0 Å². The van der Waals surface area contributed by atoms with Crippen LogP contribution in [0.5, 0.6) is 0 Å². The van der Waals surface area contributed by atoms with Gasteiger partial charge in [-0.05, 0) is 64.8 Å². The number of nitrogens with zero attached hydrogens (tertiary/aromatic N) is 3. The molecule has 1 saturated carbocycles. The number of aromatic nitrogens is 2. The van der Waals surface area contributed by atoms with Crippen LogP contribution in [0, 0.1) is 5.92 Å². The van der Waals surface area contributed by atoms with Crippen LogP contribution in [0.1, 0.15) is 50.7 Å². The molecule has 0 radical (unpaired) electrons. The Kier molecular flexibility index (Phi) is 5.38. The second kappa shape index (κ2) is 7.82. The number of aliphatic hydroxyl groups excluding tert-OH is 1. The molecule has 8 heteroatoms. The fourth-order valence-corrected chi connectivity index (χ4v) is 4.21. The van der Waals surface area contributed by atoms with Crippen molar-refractivity contribution in [2.75, 3.05) is 18.0 Å². The number of benzene rings is 1. The number of hydrogen-bond acceptors (Lipinski definition) is 5. The molecule has 5 nitrogen and oxygen atoms in total.